The van der Waals surface area contributed by atoms with E-state index < -0.39 is 5.97 Å². The Hall–Kier alpha value is -2.63. The van der Waals surface area contributed by atoms with Crippen LogP contribution < -0.4 is 5.32 Å². The lowest BCUT2D eigenvalue weighted by atomic mass is 10.1. The smallest absolute Gasteiger partial charge is 0.335 e. The van der Waals surface area contributed by atoms with Crippen LogP contribution in [0, 0.1) is 0 Å². The van der Waals surface area contributed by atoms with E-state index in [0.717, 1.165) is 5.56 Å². The summed E-state index contributed by atoms with van der Waals surface area (Å²) in [5, 5.41) is 15.6. The van der Waals surface area contributed by atoms with Gasteiger partial charge in [-0.1, -0.05) is 12.1 Å². The molecule has 6 heteroatoms. The zero-order chi connectivity index (χ0) is 14.5. The number of carbonyl (C=O) groups excluding carboxylic acids is 1. The molecule has 6 nitrogen and oxygen atoms in total. The SMILES string of the molecule is CCn1ccc(C(=O)NCc2ccc(C(=O)O)cc2)n1. The van der Waals surface area contributed by atoms with E-state index in [0.29, 0.717) is 18.8 Å². The number of aryl methyl sites for hydroxylation is 1. The molecular weight excluding hydrogens is 258 g/mol. The maximum absolute atomic E-state index is 11.8. The van der Waals surface area contributed by atoms with Crippen LogP contribution >= 0.6 is 0 Å². The van der Waals surface area contributed by atoms with Crippen molar-refractivity contribution in [2.75, 3.05) is 0 Å². The third kappa shape index (κ3) is 3.23. The number of aromatic nitrogens is 2. The summed E-state index contributed by atoms with van der Waals surface area (Å²) in [6.45, 7) is 2.99. The number of nitrogens with one attached hydrogen (secondary N) is 1. The van der Waals surface area contributed by atoms with Crippen molar-refractivity contribution in [3.63, 3.8) is 0 Å². The molecule has 20 heavy (non-hydrogen) atoms. The number of hydrogen-bond donors (Lipinski definition) is 2. The Morgan fingerprint density at radius 2 is 1.95 bits per heavy atom. The summed E-state index contributed by atoms with van der Waals surface area (Å²) >= 11 is 0. The van der Waals surface area contributed by atoms with Crippen molar-refractivity contribution in [3.8, 4) is 0 Å². The summed E-state index contributed by atoms with van der Waals surface area (Å²) in [6.07, 6.45) is 1.75. The van der Waals surface area contributed by atoms with Gasteiger partial charge in [0.2, 0.25) is 0 Å². The fraction of sp³-hybridized carbons (Fsp3) is 0.214. The van der Waals surface area contributed by atoms with Gasteiger partial charge in [0.05, 0.1) is 5.56 Å². The predicted octanol–water partition coefficient (Wildman–Crippen LogP) is 1.53. The maximum atomic E-state index is 11.8. The van der Waals surface area contributed by atoms with Crippen LogP contribution in [0.1, 0.15) is 33.3 Å². The summed E-state index contributed by atoms with van der Waals surface area (Å²) in [4.78, 5) is 22.6. The number of carboxylic acid groups (broad SMARTS) is 1. The molecule has 0 aliphatic carbocycles. The van der Waals surface area contributed by atoms with Crippen LogP contribution in [0.4, 0.5) is 0 Å². The molecule has 1 amide bonds. The highest BCUT2D eigenvalue weighted by molar-refractivity contribution is 5.92. The van der Waals surface area contributed by atoms with Crippen LogP contribution in [0.25, 0.3) is 0 Å². The molecule has 0 radical (unpaired) electrons. The first-order valence-corrected chi connectivity index (χ1v) is 6.24. The molecule has 1 aromatic carbocycles. The van der Waals surface area contributed by atoms with Crippen molar-refractivity contribution in [2.24, 2.45) is 0 Å². The Balaban J connectivity index is 1.94. The first-order chi connectivity index (χ1) is 9.60. The van der Waals surface area contributed by atoms with Crippen LogP contribution in [0.5, 0.6) is 0 Å². The molecule has 2 rings (SSSR count). The van der Waals surface area contributed by atoms with E-state index in [-0.39, 0.29) is 11.5 Å². The average molecular weight is 273 g/mol. The van der Waals surface area contributed by atoms with E-state index in [1.165, 1.54) is 12.1 Å². The molecule has 0 bridgehead atoms. The lowest BCUT2D eigenvalue weighted by molar-refractivity contribution is 0.0696. The molecule has 2 aromatic rings. The number of carbonyl (C=O) groups is 2. The second-order valence-corrected chi connectivity index (χ2v) is 4.24. The van der Waals surface area contributed by atoms with Crippen LogP contribution in [-0.2, 0) is 13.1 Å². The van der Waals surface area contributed by atoms with Gasteiger partial charge in [0.15, 0.2) is 0 Å². The van der Waals surface area contributed by atoms with Crippen LogP contribution in [0.2, 0.25) is 0 Å². The highest BCUT2D eigenvalue weighted by Crippen LogP contribution is 2.05. The van der Waals surface area contributed by atoms with Crippen molar-refractivity contribution in [2.45, 2.75) is 20.0 Å². The minimum absolute atomic E-state index is 0.224. The molecule has 0 aliphatic heterocycles. The largest absolute Gasteiger partial charge is 0.478 e. The number of benzene rings is 1. The van der Waals surface area contributed by atoms with Crippen LogP contribution in [-0.4, -0.2) is 26.8 Å². The Morgan fingerprint density at radius 3 is 2.50 bits per heavy atom. The lowest BCUT2D eigenvalue weighted by Gasteiger charge is -2.04. The lowest BCUT2D eigenvalue weighted by Crippen LogP contribution is -2.23. The van der Waals surface area contributed by atoms with Gasteiger partial charge in [-0.3, -0.25) is 9.48 Å². The van der Waals surface area contributed by atoms with Gasteiger partial charge in [-0.15, -0.1) is 0 Å². The molecule has 0 unspecified atom stereocenters. The summed E-state index contributed by atoms with van der Waals surface area (Å²) in [5.41, 5.74) is 1.43. The number of amides is 1. The van der Waals surface area contributed by atoms with E-state index in [2.05, 4.69) is 10.4 Å². The molecule has 1 heterocycles. The molecule has 104 valence electrons. The summed E-state index contributed by atoms with van der Waals surface area (Å²) in [5.74, 6) is -1.22. The van der Waals surface area contributed by atoms with E-state index in [1.807, 2.05) is 6.92 Å². The van der Waals surface area contributed by atoms with E-state index >= 15 is 0 Å². The summed E-state index contributed by atoms with van der Waals surface area (Å²) in [7, 11) is 0. The van der Waals surface area contributed by atoms with E-state index in [9.17, 15) is 9.59 Å². The van der Waals surface area contributed by atoms with Gasteiger partial charge < -0.3 is 10.4 Å². The second-order valence-electron chi connectivity index (χ2n) is 4.24. The Kier molecular flexibility index (Phi) is 4.14. The molecule has 2 N–H and O–H groups in total. The highest BCUT2D eigenvalue weighted by atomic mass is 16.4. The number of nitrogens with zero attached hydrogens (tertiary/aromatic N) is 2. The molecule has 0 aliphatic rings. The average Bonchev–Trinajstić information content (AvgIpc) is 2.94. The number of hydrogen-bond acceptors (Lipinski definition) is 3. The minimum atomic E-state index is -0.967. The molecule has 0 fully saturated rings. The zero-order valence-electron chi connectivity index (χ0n) is 11.0. The van der Waals surface area contributed by atoms with Crippen molar-refractivity contribution in [1.82, 2.24) is 15.1 Å². The molecular formula is C14H15N3O3. The maximum Gasteiger partial charge on any atom is 0.335 e. The zero-order valence-corrected chi connectivity index (χ0v) is 11.0. The highest BCUT2D eigenvalue weighted by Gasteiger charge is 2.09. The quantitative estimate of drug-likeness (QED) is 0.865. The molecule has 0 spiro atoms. The van der Waals surface area contributed by atoms with Crippen molar-refractivity contribution >= 4 is 11.9 Å². The number of rotatable bonds is 5. The topological polar surface area (TPSA) is 84.2 Å². The van der Waals surface area contributed by atoms with Gasteiger partial charge in [0.1, 0.15) is 5.69 Å². The van der Waals surface area contributed by atoms with Crippen molar-refractivity contribution in [3.05, 3.63) is 53.3 Å². The van der Waals surface area contributed by atoms with Crippen LogP contribution in [0.15, 0.2) is 36.5 Å². The van der Waals surface area contributed by atoms with Crippen molar-refractivity contribution in [1.29, 1.82) is 0 Å². The Morgan fingerprint density at radius 1 is 1.25 bits per heavy atom. The third-order valence-electron chi connectivity index (χ3n) is 2.85. The molecule has 0 atom stereocenters. The normalized spacial score (nSPS) is 10.2. The summed E-state index contributed by atoms with van der Waals surface area (Å²) < 4.78 is 1.68. The molecule has 1 aromatic heterocycles. The van der Waals surface area contributed by atoms with Gasteiger partial charge in [0.25, 0.3) is 5.91 Å². The Labute approximate surface area is 116 Å². The van der Waals surface area contributed by atoms with Gasteiger partial charge in [-0.2, -0.15) is 5.10 Å². The van der Waals surface area contributed by atoms with Gasteiger partial charge >= 0.3 is 5.97 Å². The standard InChI is InChI=1S/C14H15N3O3/c1-2-17-8-7-12(16-17)13(18)15-9-10-3-5-11(6-4-10)14(19)20/h3-8H,2,9H2,1H3,(H,15,18)(H,19,20). The van der Waals surface area contributed by atoms with Gasteiger partial charge in [-0.05, 0) is 30.7 Å². The fourth-order valence-electron chi connectivity index (χ4n) is 1.70. The molecule has 0 saturated heterocycles. The van der Waals surface area contributed by atoms with Crippen molar-refractivity contribution < 1.29 is 14.7 Å². The fourth-order valence-corrected chi connectivity index (χ4v) is 1.70. The first-order valence-electron chi connectivity index (χ1n) is 6.24. The first kappa shape index (κ1) is 13.8. The Bertz CT molecular complexity index is 617. The minimum Gasteiger partial charge on any atom is -0.478 e. The molecule has 0 saturated carbocycles. The van der Waals surface area contributed by atoms with Gasteiger partial charge in [0, 0.05) is 19.3 Å². The summed E-state index contributed by atoms with van der Waals surface area (Å²) in [6, 6.07) is 8.03. The second kappa shape index (κ2) is 6.01. The van der Waals surface area contributed by atoms with Crippen LogP contribution in [0.3, 0.4) is 0 Å². The number of carboxylic acids is 1. The predicted molar refractivity (Wildman–Crippen MR) is 72.5 cm³/mol. The van der Waals surface area contributed by atoms with Gasteiger partial charge in [-0.25, -0.2) is 4.79 Å². The van der Waals surface area contributed by atoms with E-state index in [4.69, 9.17) is 5.11 Å². The van der Waals surface area contributed by atoms with E-state index in [1.54, 1.807) is 29.1 Å². The number of aromatic carboxylic acids is 1. The third-order valence-corrected chi connectivity index (χ3v) is 2.85. The monoisotopic (exact) mass is 273 g/mol.